The predicted octanol–water partition coefficient (Wildman–Crippen LogP) is 4.32. The van der Waals surface area contributed by atoms with Gasteiger partial charge in [-0.3, -0.25) is 14.4 Å². The Hall–Kier alpha value is -3.65. The first-order chi connectivity index (χ1) is 17.0. The van der Waals surface area contributed by atoms with Crippen LogP contribution in [0.15, 0.2) is 66.0 Å². The van der Waals surface area contributed by atoms with Gasteiger partial charge in [-0.2, -0.15) is 0 Å². The Morgan fingerprint density at radius 3 is 2.31 bits per heavy atom. The number of nitrogens with one attached hydrogen (secondary N) is 1. The molecule has 0 bridgehead atoms. The molecule has 4 rings (SSSR count). The maximum Gasteiger partial charge on any atom is 0.265 e. The standard InChI is InChI=1S/C27H29N3O4S/c1-34-23-12-5-20(6-13-23)7-14-25(31)29-15-3-16-30(18-17-29)27(33)21-8-10-22(11-9-21)28-26(32)24-4-2-19-35-24/h2,4-6,8-13,19H,3,7,14-18H2,1H3,(H,28,32). The van der Waals surface area contributed by atoms with Gasteiger partial charge in [-0.05, 0) is 66.2 Å². The van der Waals surface area contributed by atoms with E-state index < -0.39 is 0 Å². The molecule has 0 aliphatic carbocycles. The summed E-state index contributed by atoms with van der Waals surface area (Å²) in [6.07, 6.45) is 1.87. The molecule has 1 aliphatic rings. The number of carbonyl (C=O) groups excluding carboxylic acids is 3. The van der Waals surface area contributed by atoms with Gasteiger partial charge in [0.15, 0.2) is 0 Å². The Morgan fingerprint density at radius 1 is 0.914 bits per heavy atom. The lowest BCUT2D eigenvalue weighted by atomic mass is 10.1. The molecule has 35 heavy (non-hydrogen) atoms. The van der Waals surface area contributed by atoms with Crippen molar-refractivity contribution in [2.45, 2.75) is 19.3 Å². The Morgan fingerprint density at radius 2 is 1.63 bits per heavy atom. The molecule has 0 atom stereocenters. The molecule has 3 aromatic rings. The normalized spacial score (nSPS) is 13.7. The number of rotatable bonds is 7. The molecule has 0 radical (unpaired) electrons. The van der Waals surface area contributed by atoms with Crippen LogP contribution in [0, 0.1) is 0 Å². The molecule has 0 spiro atoms. The van der Waals surface area contributed by atoms with E-state index in [1.807, 2.05) is 40.6 Å². The number of hydrogen-bond donors (Lipinski definition) is 1. The van der Waals surface area contributed by atoms with Crippen molar-refractivity contribution in [1.82, 2.24) is 9.80 Å². The molecule has 0 unspecified atom stereocenters. The number of thiophene rings is 1. The van der Waals surface area contributed by atoms with Crippen molar-refractivity contribution in [2.75, 3.05) is 38.6 Å². The Bertz CT molecular complexity index is 1140. The SMILES string of the molecule is COc1ccc(CCC(=O)N2CCCN(C(=O)c3ccc(NC(=O)c4cccs4)cc3)CC2)cc1. The van der Waals surface area contributed by atoms with Gasteiger partial charge in [0.05, 0.1) is 12.0 Å². The van der Waals surface area contributed by atoms with E-state index in [2.05, 4.69) is 5.32 Å². The van der Waals surface area contributed by atoms with Crippen LogP contribution in [-0.2, 0) is 11.2 Å². The Balaban J connectivity index is 1.27. The van der Waals surface area contributed by atoms with Gasteiger partial charge in [0.2, 0.25) is 5.91 Å². The van der Waals surface area contributed by atoms with E-state index in [9.17, 15) is 14.4 Å². The number of hydrogen-bond acceptors (Lipinski definition) is 5. The third-order valence-electron chi connectivity index (χ3n) is 6.06. The van der Waals surface area contributed by atoms with E-state index >= 15 is 0 Å². The lowest BCUT2D eigenvalue weighted by molar-refractivity contribution is -0.131. The van der Waals surface area contributed by atoms with Crippen LogP contribution in [0.25, 0.3) is 0 Å². The maximum atomic E-state index is 13.0. The first-order valence-electron chi connectivity index (χ1n) is 11.7. The minimum Gasteiger partial charge on any atom is -0.497 e. The van der Waals surface area contributed by atoms with Crippen LogP contribution in [0.2, 0.25) is 0 Å². The second-order valence-electron chi connectivity index (χ2n) is 8.38. The molecule has 3 amide bonds. The first kappa shape index (κ1) is 24.5. The van der Waals surface area contributed by atoms with E-state index in [4.69, 9.17) is 4.74 Å². The van der Waals surface area contributed by atoms with E-state index in [-0.39, 0.29) is 17.7 Å². The molecule has 1 fully saturated rings. The van der Waals surface area contributed by atoms with Gasteiger partial charge < -0.3 is 19.9 Å². The molecular formula is C27H29N3O4S. The average Bonchev–Trinajstić information content (AvgIpc) is 3.32. The molecule has 1 aromatic heterocycles. The number of nitrogens with zero attached hydrogens (tertiary/aromatic N) is 2. The van der Waals surface area contributed by atoms with Crippen molar-refractivity contribution < 1.29 is 19.1 Å². The number of carbonyl (C=O) groups is 3. The summed E-state index contributed by atoms with van der Waals surface area (Å²) in [5.41, 5.74) is 2.31. The summed E-state index contributed by atoms with van der Waals surface area (Å²) in [5, 5.41) is 4.70. The highest BCUT2D eigenvalue weighted by Gasteiger charge is 2.23. The number of aryl methyl sites for hydroxylation is 1. The van der Waals surface area contributed by atoms with Crippen molar-refractivity contribution in [1.29, 1.82) is 0 Å². The average molecular weight is 492 g/mol. The molecule has 8 heteroatoms. The van der Waals surface area contributed by atoms with Gasteiger partial charge in [-0.15, -0.1) is 11.3 Å². The summed E-state index contributed by atoms with van der Waals surface area (Å²) in [7, 11) is 1.63. The molecule has 2 heterocycles. The largest absolute Gasteiger partial charge is 0.497 e. The van der Waals surface area contributed by atoms with E-state index in [1.165, 1.54) is 11.3 Å². The Kier molecular flexibility index (Phi) is 8.15. The Labute approximate surface area is 209 Å². The fourth-order valence-corrected chi connectivity index (χ4v) is 4.67. The number of anilines is 1. The summed E-state index contributed by atoms with van der Waals surface area (Å²) in [5.74, 6) is 0.688. The van der Waals surface area contributed by atoms with Crippen LogP contribution in [0.4, 0.5) is 5.69 Å². The number of benzene rings is 2. The number of amides is 3. The van der Waals surface area contributed by atoms with E-state index in [0.717, 1.165) is 17.7 Å². The van der Waals surface area contributed by atoms with Gasteiger partial charge in [0.25, 0.3) is 11.8 Å². The molecule has 1 saturated heterocycles. The van der Waals surface area contributed by atoms with E-state index in [0.29, 0.717) is 55.1 Å². The maximum absolute atomic E-state index is 13.0. The van der Waals surface area contributed by atoms with Gasteiger partial charge in [-0.1, -0.05) is 18.2 Å². The quantitative estimate of drug-likeness (QED) is 0.534. The highest BCUT2D eigenvalue weighted by molar-refractivity contribution is 7.12. The molecule has 7 nitrogen and oxygen atoms in total. The third-order valence-corrected chi connectivity index (χ3v) is 6.93. The van der Waals surface area contributed by atoms with Crippen LogP contribution in [-0.4, -0.2) is 60.8 Å². The topological polar surface area (TPSA) is 79.0 Å². The van der Waals surface area contributed by atoms with Crippen LogP contribution in [0.3, 0.4) is 0 Å². The van der Waals surface area contributed by atoms with Gasteiger partial charge in [-0.25, -0.2) is 0 Å². The van der Waals surface area contributed by atoms with Gasteiger partial charge in [0.1, 0.15) is 5.75 Å². The van der Waals surface area contributed by atoms with Crippen LogP contribution in [0.5, 0.6) is 5.75 Å². The minimum absolute atomic E-state index is 0.0614. The second kappa shape index (κ2) is 11.7. The second-order valence-corrected chi connectivity index (χ2v) is 9.33. The van der Waals surface area contributed by atoms with Gasteiger partial charge in [0, 0.05) is 43.9 Å². The fraction of sp³-hybridized carbons (Fsp3) is 0.296. The lowest BCUT2D eigenvalue weighted by Crippen LogP contribution is -2.37. The van der Waals surface area contributed by atoms with Crippen molar-refractivity contribution >= 4 is 34.7 Å². The number of ether oxygens (including phenoxy) is 1. The minimum atomic E-state index is -0.164. The summed E-state index contributed by atoms with van der Waals surface area (Å²) >= 11 is 1.38. The molecule has 1 aliphatic heterocycles. The smallest absolute Gasteiger partial charge is 0.265 e. The predicted molar refractivity (Wildman–Crippen MR) is 137 cm³/mol. The van der Waals surface area contributed by atoms with Crippen molar-refractivity contribution in [3.63, 3.8) is 0 Å². The summed E-state index contributed by atoms with van der Waals surface area (Å²) in [4.78, 5) is 42.3. The summed E-state index contributed by atoms with van der Waals surface area (Å²) < 4.78 is 5.18. The van der Waals surface area contributed by atoms with E-state index in [1.54, 1.807) is 42.3 Å². The molecule has 0 saturated carbocycles. The van der Waals surface area contributed by atoms with Crippen LogP contribution in [0.1, 0.15) is 38.4 Å². The van der Waals surface area contributed by atoms with Crippen LogP contribution < -0.4 is 10.1 Å². The van der Waals surface area contributed by atoms with Crippen LogP contribution >= 0.6 is 11.3 Å². The van der Waals surface area contributed by atoms with Crippen molar-refractivity contribution in [2.24, 2.45) is 0 Å². The lowest BCUT2D eigenvalue weighted by Gasteiger charge is -2.22. The first-order valence-corrected chi connectivity index (χ1v) is 12.6. The third kappa shape index (κ3) is 6.48. The van der Waals surface area contributed by atoms with Crippen molar-refractivity contribution in [3.05, 3.63) is 82.0 Å². The van der Waals surface area contributed by atoms with Crippen molar-refractivity contribution in [3.8, 4) is 5.75 Å². The molecule has 1 N–H and O–H groups in total. The highest BCUT2D eigenvalue weighted by atomic mass is 32.1. The molecule has 182 valence electrons. The fourth-order valence-electron chi connectivity index (χ4n) is 4.05. The summed E-state index contributed by atoms with van der Waals surface area (Å²) in [6.45, 7) is 2.29. The monoisotopic (exact) mass is 491 g/mol. The zero-order valence-corrected chi connectivity index (χ0v) is 20.6. The zero-order chi connectivity index (χ0) is 24.6. The van der Waals surface area contributed by atoms with Gasteiger partial charge >= 0.3 is 0 Å². The zero-order valence-electron chi connectivity index (χ0n) is 19.7. The highest BCUT2D eigenvalue weighted by Crippen LogP contribution is 2.17. The number of methoxy groups -OCH3 is 1. The molecular weight excluding hydrogens is 462 g/mol. The molecule has 2 aromatic carbocycles. The summed E-state index contributed by atoms with van der Waals surface area (Å²) in [6, 6.07) is 18.3.